The number of hydrogen-bond donors (Lipinski definition) is 1. The minimum absolute atomic E-state index is 0.0649. The van der Waals surface area contributed by atoms with Crippen LogP contribution < -0.4 is 14.8 Å². The van der Waals surface area contributed by atoms with Crippen molar-refractivity contribution in [2.45, 2.75) is 26.1 Å². The molecule has 0 fully saturated rings. The largest absolute Gasteiger partial charge is 0.490 e. The molecule has 0 bridgehead atoms. The average molecular weight is 442 g/mol. The summed E-state index contributed by atoms with van der Waals surface area (Å²) in [7, 11) is 4.99. The van der Waals surface area contributed by atoms with Gasteiger partial charge in [-0.1, -0.05) is 18.2 Å². The van der Waals surface area contributed by atoms with Crippen LogP contribution in [0, 0.1) is 0 Å². The molecule has 8 heteroatoms. The predicted molar refractivity (Wildman–Crippen MR) is 122 cm³/mol. The fraction of sp³-hybridized carbons (Fsp3) is 0.417. The second-order valence-corrected chi connectivity index (χ2v) is 7.72. The number of hydrogen-bond acceptors (Lipinski definition) is 6. The number of nitrogens with one attached hydrogen (secondary N) is 1. The van der Waals surface area contributed by atoms with E-state index in [1.54, 1.807) is 39.1 Å². The molecule has 0 saturated carbocycles. The highest BCUT2D eigenvalue weighted by Gasteiger charge is 2.33. The second-order valence-electron chi connectivity index (χ2n) is 7.72. The number of methoxy groups -OCH3 is 1. The minimum atomic E-state index is -0.658. The van der Waals surface area contributed by atoms with Crippen LogP contribution in [0.15, 0.2) is 42.5 Å². The summed E-state index contributed by atoms with van der Waals surface area (Å²) in [6.45, 7) is 4.86. The van der Waals surface area contributed by atoms with Gasteiger partial charge in [0.2, 0.25) is 0 Å². The predicted octanol–water partition coefficient (Wildman–Crippen LogP) is 3.15. The van der Waals surface area contributed by atoms with E-state index in [1.165, 1.54) is 4.90 Å². The van der Waals surface area contributed by atoms with Gasteiger partial charge in [-0.3, -0.25) is 9.59 Å². The lowest BCUT2D eigenvalue weighted by atomic mass is 10.0. The first kappa shape index (κ1) is 23.4. The van der Waals surface area contributed by atoms with Crippen LogP contribution in [-0.2, 0) is 9.53 Å². The number of ether oxygens (including phenoxy) is 3. The van der Waals surface area contributed by atoms with Crippen molar-refractivity contribution >= 4 is 17.5 Å². The van der Waals surface area contributed by atoms with E-state index in [-0.39, 0.29) is 11.8 Å². The van der Waals surface area contributed by atoms with E-state index in [9.17, 15) is 9.59 Å². The summed E-state index contributed by atoms with van der Waals surface area (Å²) in [6.07, 6.45) is -1.06. The van der Waals surface area contributed by atoms with Crippen molar-refractivity contribution in [1.29, 1.82) is 0 Å². The Labute approximate surface area is 189 Å². The van der Waals surface area contributed by atoms with Crippen LogP contribution >= 0.6 is 0 Å². The number of amides is 2. The lowest BCUT2D eigenvalue weighted by molar-refractivity contribution is -0.135. The quantitative estimate of drug-likeness (QED) is 0.644. The van der Waals surface area contributed by atoms with Gasteiger partial charge in [0, 0.05) is 33.4 Å². The molecule has 0 spiro atoms. The lowest BCUT2D eigenvalue weighted by Gasteiger charge is -2.38. The van der Waals surface area contributed by atoms with Crippen molar-refractivity contribution in [3.63, 3.8) is 0 Å². The molecule has 0 radical (unpaired) electrons. The lowest BCUT2D eigenvalue weighted by Crippen LogP contribution is -2.44. The van der Waals surface area contributed by atoms with Crippen LogP contribution in [0.25, 0.3) is 0 Å². The zero-order chi connectivity index (χ0) is 23.3. The number of rotatable bonds is 9. The van der Waals surface area contributed by atoms with Crippen LogP contribution in [0.4, 0.5) is 5.69 Å². The van der Waals surface area contributed by atoms with Crippen molar-refractivity contribution < 1.29 is 23.8 Å². The first-order chi connectivity index (χ1) is 15.4. The van der Waals surface area contributed by atoms with Crippen LogP contribution in [0.2, 0.25) is 0 Å². The fourth-order valence-corrected chi connectivity index (χ4v) is 3.64. The molecule has 2 unspecified atom stereocenters. The van der Waals surface area contributed by atoms with Gasteiger partial charge in [-0.25, -0.2) is 0 Å². The Morgan fingerprint density at radius 3 is 2.62 bits per heavy atom. The Morgan fingerprint density at radius 2 is 1.94 bits per heavy atom. The van der Waals surface area contributed by atoms with Gasteiger partial charge < -0.3 is 29.3 Å². The summed E-state index contributed by atoms with van der Waals surface area (Å²) < 4.78 is 16.9. The van der Waals surface area contributed by atoms with E-state index in [0.29, 0.717) is 36.8 Å². The molecule has 1 N–H and O–H groups in total. The molecule has 0 saturated heterocycles. The van der Waals surface area contributed by atoms with E-state index in [1.807, 2.05) is 43.3 Å². The maximum Gasteiger partial charge on any atom is 0.262 e. The first-order valence-corrected chi connectivity index (χ1v) is 10.7. The number of anilines is 1. The average Bonchev–Trinajstić information content (AvgIpc) is 2.79. The summed E-state index contributed by atoms with van der Waals surface area (Å²) >= 11 is 0. The third kappa shape index (κ3) is 4.96. The van der Waals surface area contributed by atoms with Crippen LogP contribution in [0.3, 0.4) is 0 Å². The zero-order valence-corrected chi connectivity index (χ0v) is 19.3. The van der Waals surface area contributed by atoms with Gasteiger partial charge in [-0.05, 0) is 43.7 Å². The van der Waals surface area contributed by atoms with Gasteiger partial charge in [0.05, 0.1) is 18.8 Å². The smallest absolute Gasteiger partial charge is 0.262 e. The summed E-state index contributed by atoms with van der Waals surface area (Å²) in [5, 5.41) is 3.46. The van der Waals surface area contributed by atoms with E-state index < -0.39 is 12.3 Å². The van der Waals surface area contributed by atoms with Gasteiger partial charge in [0.15, 0.2) is 17.6 Å². The molecule has 2 aromatic rings. The Bertz CT molecular complexity index is 962. The highest BCUT2D eigenvalue weighted by Crippen LogP contribution is 2.37. The Balaban J connectivity index is 1.95. The molecule has 172 valence electrons. The van der Waals surface area contributed by atoms with Gasteiger partial charge in [-0.2, -0.15) is 0 Å². The van der Waals surface area contributed by atoms with Crippen molar-refractivity contribution in [3.8, 4) is 11.5 Å². The second kappa shape index (κ2) is 10.4. The molecule has 2 amide bonds. The van der Waals surface area contributed by atoms with E-state index in [0.717, 1.165) is 11.3 Å². The summed E-state index contributed by atoms with van der Waals surface area (Å²) in [4.78, 5) is 28.7. The third-order valence-corrected chi connectivity index (χ3v) is 5.23. The Hall–Kier alpha value is -3.26. The zero-order valence-electron chi connectivity index (χ0n) is 19.3. The Morgan fingerprint density at radius 1 is 1.19 bits per heavy atom. The van der Waals surface area contributed by atoms with Crippen molar-refractivity contribution in [3.05, 3.63) is 53.6 Å². The van der Waals surface area contributed by atoms with Crippen molar-refractivity contribution in [1.82, 2.24) is 9.80 Å². The highest BCUT2D eigenvalue weighted by molar-refractivity contribution is 6.01. The molecular formula is C24H31N3O5. The molecule has 2 aromatic carbocycles. The number of carbonyl (C=O) groups excluding carboxylic acids is 2. The Kier molecular flexibility index (Phi) is 7.58. The summed E-state index contributed by atoms with van der Waals surface area (Å²) in [5.74, 6) is 0.788. The molecule has 1 heterocycles. The monoisotopic (exact) mass is 441 g/mol. The van der Waals surface area contributed by atoms with E-state index >= 15 is 0 Å². The number of benzene rings is 2. The fourth-order valence-electron chi connectivity index (χ4n) is 3.64. The first-order valence-electron chi connectivity index (χ1n) is 10.7. The summed E-state index contributed by atoms with van der Waals surface area (Å²) in [6, 6.07) is 13.0. The van der Waals surface area contributed by atoms with Crippen LogP contribution in [0.1, 0.15) is 35.9 Å². The molecule has 8 nitrogen and oxygen atoms in total. The van der Waals surface area contributed by atoms with Crippen LogP contribution in [0.5, 0.6) is 11.5 Å². The van der Waals surface area contributed by atoms with Gasteiger partial charge in [-0.15, -0.1) is 0 Å². The molecule has 0 aliphatic carbocycles. The number of fused-ring (bicyclic) bond motifs is 1. The van der Waals surface area contributed by atoms with Crippen LogP contribution in [-0.4, -0.2) is 68.7 Å². The highest BCUT2D eigenvalue weighted by atomic mass is 16.5. The SMILES string of the molecule is CCOc1cc(C2Nc3ccccc3C(=O)N2CCOC)ccc1OC(C)C(=O)N(C)C. The van der Waals surface area contributed by atoms with Gasteiger partial charge in [0.1, 0.15) is 6.17 Å². The van der Waals surface area contributed by atoms with E-state index in [2.05, 4.69) is 5.32 Å². The number of likely N-dealkylation sites (N-methyl/N-ethyl adjacent to an activating group) is 1. The molecule has 1 aliphatic heterocycles. The molecule has 0 aromatic heterocycles. The molecule has 32 heavy (non-hydrogen) atoms. The van der Waals surface area contributed by atoms with Gasteiger partial charge in [0.25, 0.3) is 11.8 Å². The number of para-hydroxylation sites is 1. The standard InChI is InChI=1S/C24H31N3O5/c1-6-31-21-15-17(11-12-20(21)32-16(2)23(28)26(3)4)22-25-19-10-8-7-9-18(19)24(29)27(22)13-14-30-5/h7-12,15-16,22,25H,6,13-14H2,1-5H3. The molecule has 2 atom stereocenters. The molecular weight excluding hydrogens is 410 g/mol. The maximum absolute atomic E-state index is 13.2. The number of carbonyl (C=O) groups is 2. The maximum atomic E-state index is 13.2. The third-order valence-electron chi connectivity index (χ3n) is 5.23. The van der Waals surface area contributed by atoms with Crippen molar-refractivity contribution in [2.75, 3.05) is 46.3 Å². The van der Waals surface area contributed by atoms with Gasteiger partial charge >= 0.3 is 0 Å². The normalized spacial score (nSPS) is 16.1. The van der Waals surface area contributed by atoms with E-state index in [4.69, 9.17) is 14.2 Å². The minimum Gasteiger partial charge on any atom is -0.490 e. The topological polar surface area (TPSA) is 80.3 Å². The molecule has 1 aliphatic rings. The van der Waals surface area contributed by atoms with Crippen molar-refractivity contribution in [2.24, 2.45) is 0 Å². The molecule has 3 rings (SSSR count). The summed E-state index contributed by atoms with van der Waals surface area (Å²) in [5.41, 5.74) is 2.24. The number of nitrogens with zero attached hydrogens (tertiary/aromatic N) is 2.